The Hall–Kier alpha value is -0.710. The maximum atomic E-state index is 4.74. The van der Waals surface area contributed by atoms with Gasteiger partial charge in [-0.3, -0.25) is 4.90 Å². The van der Waals surface area contributed by atoms with E-state index in [0.717, 1.165) is 24.1 Å². The largest absolute Gasteiger partial charge is 0.357 e. The fourth-order valence-corrected chi connectivity index (χ4v) is 5.29. The third-order valence-electron chi connectivity index (χ3n) is 4.78. The molecular weight excluding hydrogens is 489 g/mol. The van der Waals surface area contributed by atoms with Crippen LogP contribution in [0, 0.1) is 12.8 Å². The molecule has 1 aliphatic rings. The molecule has 1 aliphatic heterocycles. The number of likely N-dealkylation sites (tertiary alicyclic amines) is 1. The van der Waals surface area contributed by atoms with E-state index < -0.39 is 0 Å². The van der Waals surface area contributed by atoms with Crippen LogP contribution in [0.15, 0.2) is 28.7 Å². The summed E-state index contributed by atoms with van der Waals surface area (Å²) >= 11 is 3.58. The maximum Gasteiger partial charge on any atom is 0.191 e. The molecule has 2 aromatic heterocycles. The molecule has 1 saturated heterocycles. The van der Waals surface area contributed by atoms with Gasteiger partial charge in [0.05, 0.1) is 11.6 Å². The molecule has 2 atom stereocenters. The summed E-state index contributed by atoms with van der Waals surface area (Å²) in [6, 6.07) is 4.94. The van der Waals surface area contributed by atoms with Crippen molar-refractivity contribution in [2.75, 3.05) is 26.7 Å². The summed E-state index contributed by atoms with van der Waals surface area (Å²) in [7, 11) is 2.25. The van der Waals surface area contributed by atoms with Gasteiger partial charge in [-0.05, 0) is 57.6 Å². The molecule has 1 fully saturated rings. The van der Waals surface area contributed by atoms with E-state index in [1.807, 2.05) is 24.5 Å². The second-order valence-electron chi connectivity index (χ2n) is 6.76. The number of hydrogen-bond donors (Lipinski definition) is 2. The molecule has 3 heterocycles. The van der Waals surface area contributed by atoms with Crippen LogP contribution in [0.5, 0.6) is 0 Å². The van der Waals surface area contributed by atoms with Gasteiger partial charge in [0.1, 0.15) is 0 Å². The number of aromatic nitrogens is 1. The van der Waals surface area contributed by atoms with Gasteiger partial charge in [0.2, 0.25) is 0 Å². The zero-order chi connectivity index (χ0) is 18.4. The number of hydrogen-bond acceptors (Lipinski definition) is 5. The van der Waals surface area contributed by atoms with Crippen LogP contribution in [-0.4, -0.2) is 42.5 Å². The van der Waals surface area contributed by atoms with Crippen molar-refractivity contribution in [2.24, 2.45) is 10.9 Å². The summed E-state index contributed by atoms with van der Waals surface area (Å²) in [5.41, 5.74) is 0. The smallest absolute Gasteiger partial charge is 0.191 e. The van der Waals surface area contributed by atoms with Gasteiger partial charge in [0, 0.05) is 35.1 Å². The number of aliphatic imine (C=N–C) groups is 1. The van der Waals surface area contributed by atoms with E-state index in [0.29, 0.717) is 18.5 Å². The standard InChI is InChI=1S/C19H29N5S2.HI/c1-4-20-19(23-13-16-12-21-14(2)26-16)22-11-15-7-5-9-24(3)18(15)17-8-6-10-25-17;/h6,8,10,12,15,18H,4-5,7,9,11,13H2,1-3H3,(H2,20,22,23);1H. The summed E-state index contributed by atoms with van der Waals surface area (Å²) in [6.45, 7) is 7.81. The van der Waals surface area contributed by atoms with E-state index in [-0.39, 0.29) is 24.0 Å². The monoisotopic (exact) mass is 519 g/mol. The first-order valence-corrected chi connectivity index (χ1v) is 11.0. The molecule has 0 saturated carbocycles. The minimum absolute atomic E-state index is 0. The lowest BCUT2D eigenvalue weighted by molar-refractivity contribution is 0.125. The van der Waals surface area contributed by atoms with Crippen LogP contribution in [0.25, 0.3) is 0 Å². The highest BCUT2D eigenvalue weighted by molar-refractivity contribution is 14.0. The van der Waals surface area contributed by atoms with E-state index in [1.54, 1.807) is 11.3 Å². The summed E-state index contributed by atoms with van der Waals surface area (Å²) in [5, 5.41) is 10.2. The number of aryl methyl sites for hydroxylation is 1. The van der Waals surface area contributed by atoms with E-state index in [9.17, 15) is 0 Å². The van der Waals surface area contributed by atoms with Crippen LogP contribution in [0.1, 0.15) is 40.6 Å². The molecule has 2 aromatic rings. The Morgan fingerprint density at radius 2 is 2.26 bits per heavy atom. The summed E-state index contributed by atoms with van der Waals surface area (Å²) in [5.74, 6) is 1.50. The lowest BCUT2D eigenvalue weighted by Gasteiger charge is -2.39. The lowest BCUT2D eigenvalue weighted by atomic mass is 9.88. The van der Waals surface area contributed by atoms with Crippen LogP contribution < -0.4 is 10.6 Å². The molecular formula is C19H30IN5S2. The predicted molar refractivity (Wildman–Crippen MR) is 127 cm³/mol. The first-order valence-electron chi connectivity index (χ1n) is 9.34. The Balaban J connectivity index is 0.00000261. The molecule has 0 aromatic carbocycles. The third-order valence-corrected chi connectivity index (χ3v) is 6.62. The molecule has 2 N–H and O–H groups in total. The van der Waals surface area contributed by atoms with Crippen molar-refractivity contribution in [3.8, 4) is 0 Å². The van der Waals surface area contributed by atoms with Crippen molar-refractivity contribution in [3.05, 3.63) is 38.5 Å². The van der Waals surface area contributed by atoms with Gasteiger partial charge in [0.25, 0.3) is 0 Å². The fraction of sp³-hybridized carbons (Fsp3) is 0.579. The quantitative estimate of drug-likeness (QED) is 0.340. The second kappa shape index (κ2) is 11.3. The van der Waals surface area contributed by atoms with Gasteiger partial charge in [-0.25, -0.2) is 9.98 Å². The number of rotatable bonds is 6. The zero-order valence-corrected chi connectivity index (χ0v) is 20.2. The van der Waals surface area contributed by atoms with Crippen LogP contribution in [-0.2, 0) is 6.54 Å². The van der Waals surface area contributed by atoms with Crippen molar-refractivity contribution < 1.29 is 0 Å². The van der Waals surface area contributed by atoms with Crippen LogP contribution in [0.4, 0.5) is 0 Å². The van der Waals surface area contributed by atoms with Crippen molar-refractivity contribution in [2.45, 2.75) is 39.3 Å². The Kier molecular flexibility index (Phi) is 9.47. The molecule has 0 spiro atoms. The van der Waals surface area contributed by atoms with Crippen LogP contribution in [0.2, 0.25) is 0 Å². The van der Waals surface area contributed by atoms with Gasteiger partial charge in [-0.15, -0.1) is 46.7 Å². The van der Waals surface area contributed by atoms with Gasteiger partial charge >= 0.3 is 0 Å². The van der Waals surface area contributed by atoms with Crippen molar-refractivity contribution in [1.29, 1.82) is 0 Å². The topological polar surface area (TPSA) is 52.6 Å². The number of thiophene rings is 1. The normalized spacial score (nSPS) is 20.9. The maximum absolute atomic E-state index is 4.74. The molecule has 2 unspecified atom stereocenters. The van der Waals surface area contributed by atoms with E-state index in [4.69, 9.17) is 4.99 Å². The molecule has 5 nitrogen and oxygen atoms in total. The number of nitrogens with zero attached hydrogens (tertiary/aromatic N) is 3. The zero-order valence-electron chi connectivity index (χ0n) is 16.3. The molecule has 3 rings (SSSR count). The average Bonchev–Trinajstić information content (AvgIpc) is 3.29. The van der Waals surface area contributed by atoms with Crippen LogP contribution in [0.3, 0.4) is 0 Å². The predicted octanol–water partition coefficient (Wildman–Crippen LogP) is 4.27. The van der Waals surface area contributed by atoms with Gasteiger partial charge < -0.3 is 10.6 Å². The minimum Gasteiger partial charge on any atom is -0.357 e. The first-order chi connectivity index (χ1) is 12.7. The SMILES string of the molecule is CCNC(=NCc1cnc(C)s1)NCC1CCCN(C)C1c1cccs1.I. The Morgan fingerprint density at radius 1 is 1.41 bits per heavy atom. The summed E-state index contributed by atoms with van der Waals surface area (Å²) in [6.07, 6.45) is 4.45. The highest BCUT2D eigenvalue weighted by atomic mass is 127. The Labute approximate surface area is 187 Å². The molecule has 0 radical (unpaired) electrons. The number of piperidine rings is 1. The van der Waals surface area contributed by atoms with Crippen molar-refractivity contribution in [3.63, 3.8) is 0 Å². The van der Waals surface area contributed by atoms with Gasteiger partial charge in [0.15, 0.2) is 5.96 Å². The Bertz CT molecular complexity index is 701. The molecule has 27 heavy (non-hydrogen) atoms. The Morgan fingerprint density at radius 3 is 2.93 bits per heavy atom. The number of halogens is 1. The first kappa shape index (κ1) is 22.6. The highest BCUT2D eigenvalue weighted by Crippen LogP contribution is 2.36. The minimum atomic E-state index is 0. The number of guanidine groups is 1. The number of thiazole rings is 1. The second-order valence-corrected chi connectivity index (χ2v) is 9.06. The lowest BCUT2D eigenvalue weighted by Crippen LogP contribution is -2.44. The van der Waals surface area contributed by atoms with Crippen LogP contribution >= 0.6 is 46.7 Å². The molecule has 0 aliphatic carbocycles. The number of nitrogens with one attached hydrogen (secondary N) is 2. The molecule has 0 bridgehead atoms. The molecule has 8 heteroatoms. The summed E-state index contributed by atoms with van der Waals surface area (Å²) < 4.78 is 0. The van der Waals surface area contributed by atoms with E-state index >= 15 is 0 Å². The van der Waals surface area contributed by atoms with Crippen molar-refractivity contribution in [1.82, 2.24) is 20.5 Å². The van der Waals surface area contributed by atoms with Gasteiger partial charge in [-0.1, -0.05) is 6.07 Å². The highest BCUT2D eigenvalue weighted by Gasteiger charge is 2.31. The average molecular weight is 520 g/mol. The third kappa shape index (κ3) is 6.40. The fourth-order valence-electron chi connectivity index (χ4n) is 3.59. The molecule has 150 valence electrons. The van der Waals surface area contributed by atoms with E-state index in [1.165, 1.54) is 29.1 Å². The van der Waals surface area contributed by atoms with E-state index in [2.05, 4.69) is 52.0 Å². The molecule has 0 amide bonds. The van der Waals surface area contributed by atoms with Crippen molar-refractivity contribution >= 4 is 52.6 Å². The summed E-state index contributed by atoms with van der Waals surface area (Å²) in [4.78, 5) is 14.2. The van der Waals surface area contributed by atoms with Gasteiger partial charge in [-0.2, -0.15) is 0 Å².